The standard InChI is InChI=1S/C18H19N5O2/c1-13-3-2-4-18(20-13)22-9-7-15(8-10-22)21-16-5-6-17(23(24)25)14(11-16)12-19/h2-6,11,15,21H,7-10H2,1H3. The number of nitro benzene ring substituents is 1. The number of nitrogens with zero attached hydrogens (tertiary/aromatic N) is 4. The molecule has 0 radical (unpaired) electrons. The molecule has 1 aromatic heterocycles. The highest BCUT2D eigenvalue weighted by atomic mass is 16.6. The average Bonchev–Trinajstić information content (AvgIpc) is 2.62. The first kappa shape index (κ1) is 16.7. The second kappa shape index (κ2) is 7.18. The second-order valence-electron chi connectivity index (χ2n) is 6.14. The van der Waals surface area contributed by atoms with Gasteiger partial charge in [-0.3, -0.25) is 10.1 Å². The monoisotopic (exact) mass is 337 g/mol. The topological polar surface area (TPSA) is 95.1 Å². The van der Waals surface area contributed by atoms with E-state index in [1.807, 2.05) is 31.2 Å². The molecule has 0 saturated carbocycles. The lowest BCUT2D eigenvalue weighted by Crippen LogP contribution is -2.39. The van der Waals surface area contributed by atoms with Crippen LogP contribution < -0.4 is 10.2 Å². The van der Waals surface area contributed by atoms with Crippen LogP contribution in [-0.4, -0.2) is 29.0 Å². The van der Waals surface area contributed by atoms with Crippen LogP contribution in [0.3, 0.4) is 0 Å². The Kier molecular flexibility index (Phi) is 4.80. The van der Waals surface area contributed by atoms with Crippen LogP contribution in [0.5, 0.6) is 0 Å². The van der Waals surface area contributed by atoms with Crippen molar-refractivity contribution in [2.75, 3.05) is 23.3 Å². The zero-order valence-electron chi connectivity index (χ0n) is 14.0. The summed E-state index contributed by atoms with van der Waals surface area (Å²) in [7, 11) is 0. The van der Waals surface area contributed by atoms with Crippen LogP contribution in [0.4, 0.5) is 17.2 Å². The molecule has 0 amide bonds. The minimum atomic E-state index is -0.532. The van der Waals surface area contributed by atoms with Crippen molar-refractivity contribution in [1.29, 1.82) is 5.26 Å². The van der Waals surface area contributed by atoms with Crippen molar-refractivity contribution in [1.82, 2.24) is 4.98 Å². The zero-order chi connectivity index (χ0) is 17.8. The number of nitro groups is 1. The van der Waals surface area contributed by atoms with Gasteiger partial charge in [0.15, 0.2) is 0 Å². The van der Waals surface area contributed by atoms with E-state index in [9.17, 15) is 10.1 Å². The van der Waals surface area contributed by atoms with E-state index in [2.05, 4.69) is 15.2 Å². The van der Waals surface area contributed by atoms with E-state index < -0.39 is 4.92 Å². The molecule has 3 rings (SSSR count). The molecule has 7 nitrogen and oxygen atoms in total. The van der Waals surface area contributed by atoms with Gasteiger partial charge in [-0.15, -0.1) is 0 Å². The number of rotatable bonds is 4. The first-order valence-corrected chi connectivity index (χ1v) is 8.20. The normalized spacial score (nSPS) is 14.8. The number of aromatic nitrogens is 1. The molecule has 0 bridgehead atoms. The van der Waals surface area contributed by atoms with Gasteiger partial charge in [0.1, 0.15) is 17.5 Å². The van der Waals surface area contributed by atoms with Gasteiger partial charge in [0.2, 0.25) is 0 Å². The Morgan fingerprint density at radius 2 is 2.08 bits per heavy atom. The van der Waals surface area contributed by atoms with Crippen LogP contribution in [0.1, 0.15) is 24.1 Å². The summed E-state index contributed by atoms with van der Waals surface area (Å²) in [5.74, 6) is 1.00. The van der Waals surface area contributed by atoms with Crippen LogP contribution in [-0.2, 0) is 0 Å². The molecular formula is C18H19N5O2. The number of piperidine rings is 1. The summed E-state index contributed by atoms with van der Waals surface area (Å²) in [6.07, 6.45) is 1.88. The van der Waals surface area contributed by atoms with E-state index in [0.29, 0.717) is 0 Å². The molecule has 2 aromatic rings. The fourth-order valence-electron chi connectivity index (χ4n) is 3.07. The highest BCUT2D eigenvalue weighted by Crippen LogP contribution is 2.25. The minimum absolute atomic E-state index is 0.0800. The predicted molar refractivity (Wildman–Crippen MR) is 95.6 cm³/mol. The molecular weight excluding hydrogens is 318 g/mol. The van der Waals surface area contributed by atoms with Gasteiger partial charge in [0, 0.05) is 36.6 Å². The minimum Gasteiger partial charge on any atom is -0.382 e. The molecule has 1 saturated heterocycles. The summed E-state index contributed by atoms with van der Waals surface area (Å²) in [5.41, 5.74) is 1.67. The Bertz CT molecular complexity index is 822. The van der Waals surface area contributed by atoms with Crippen molar-refractivity contribution in [3.05, 3.63) is 57.8 Å². The number of anilines is 2. The number of nitriles is 1. The third kappa shape index (κ3) is 3.86. The van der Waals surface area contributed by atoms with Crippen molar-refractivity contribution >= 4 is 17.2 Å². The fraction of sp³-hybridized carbons (Fsp3) is 0.333. The molecule has 1 aromatic carbocycles. The van der Waals surface area contributed by atoms with Crippen LogP contribution in [0.15, 0.2) is 36.4 Å². The summed E-state index contributed by atoms with van der Waals surface area (Å²) in [4.78, 5) is 17.2. The van der Waals surface area contributed by atoms with Gasteiger partial charge >= 0.3 is 0 Å². The molecule has 0 aliphatic carbocycles. The summed E-state index contributed by atoms with van der Waals surface area (Å²) < 4.78 is 0. The maximum absolute atomic E-state index is 10.9. The Morgan fingerprint density at radius 1 is 1.32 bits per heavy atom. The lowest BCUT2D eigenvalue weighted by atomic mass is 10.0. The summed E-state index contributed by atoms with van der Waals surface area (Å²) in [6.45, 7) is 3.78. The predicted octanol–water partition coefficient (Wildman–Crippen LogP) is 3.25. The first-order valence-electron chi connectivity index (χ1n) is 8.20. The number of aryl methyl sites for hydroxylation is 1. The van der Waals surface area contributed by atoms with E-state index in [0.717, 1.165) is 43.1 Å². The number of hydrogen-bond donors (Lipinski definition) is 1. The van der Waals surface area contributed by atoms with Gasteiger partial charge < -0.3 is 10.2 Å². The van der Waals surface area contributed by atoms with E-state index in [1.165, 1.54) is 6.07 Å². The third-order valence-electron chi connectivity index (χ3n) is 4.38. The number of hydrogen-bond acceptors (Lipinski definition) is 6. The number of benzene rings is 1. The average molecular weight is 337 g/mol. The SMILES string of the molecule is Cc1cccc(N2CCC(Nc3ccc([N+](=O)[O-])c(C#N)c3)CC2)n1. The molecule has 1 fully saturated rings. The molecule has 1 N–H and O–H groups in total. The number of pyridine rings is 1. The van der Waals surface area contributed by atoms with Gasteiger partial charge in [0.05, 0.1) is 4.92 Å². The van der Waals surface area contributed by atoms with Gasteiger partial charge in [0.25, 0.3) is 5.69 Å². The Labute approximate surface area is 146 Å². The van der Waals surface area contributed by atoms with E-state index in [-0.39, 0.29) is 17.3 Å². The highest BCUT2D eigenvalue weighted by Gasteiger charge is 2.21. The quantitative estimate of drug-likeness (QED) is 0.680. The van der Waals surface area contributed by atoms with Crippen LogP contribution in [0.25, 0.3) is 0 Å². The lowest BCUT2D eigenvalue weighted by molar-refractivity contribution is -0.385. The van der Waals surface area contributed by atoms with E-state index in [1.54, 1.807) is 12.1 Å². The van der Waals surface area contributed by atoms with Crippen LogP contribution >= 0.6 is 0 Å². The molecule has 0 unspecified atom stereocenters. The molecule has 2 heterocycles. The summed E-state index contributed by atoms with van der Waals surface area (Å²) >= 11 is 0. The second-order valence-corrected chi connectivity index (χ2v) is 6.14. The maximum atomic E-state index is 10.9. The van der Waals surface area contributed by atoms with E-state index in [4.69, 9.17) is 5.26 Å². The fourth-order valence-corrected chi connectivity index (χ4v) is 3.07. The summed E-state index contributed by atoms with van der Waals surface area (Å²) in [6, 6.07) is 12.8. The van der Waals surface area contributed by atoms with Crippen molar-refractivity contribution < 1.29 is 4.92 Å². The Hall–Kier alpha value is -3.14. The van der Waals surface area contributed by atoms with Gasteiger partial charge in [-0.1, -0.05) is 6.07 Å². The van der Waals surface area contributed by atoms with Crippen molar-refractivity contribution in [3.63, 3.8) is 0 Å². The summed E-state index contributed by atoms with van der Waals surface area (Å²) in [5, 5.41) is 23.4. The largest absolute Gasteiger partial charge is 0.382 e. The van der Waals surface area contributed by atoms with Crippen LogP contribution in [0, 0.1) is 28.4 Å². The molecule has 1 aliphatic rings. The molecule has 1 aliphatic heterocycles. The Balaban J connectivity index is 1.63. The maximum Gasteiger partial charge on any atom is 0.287 e. The van der Waals surface area contributed by atoms with Gasteiger partial charge in [-0.25, -0.2) is 4.98 Å². The van der Waals surface area contributed by atoms with Crippen molar-refractivity contribution in [2.45, 2.75) is 25.8 Å². The third-order valence-corrected chi connectivity index (χ3v) is 4.38. The number of nitrogens with one attached hydrogen (secondary N) is 1. The molecule has 0 atom stereocenters. The van der Waals surface area contributed by atoms with Crippen LogP contribution in [0.2, 0.25) is 0 Å². The van der Waals surface area contributed by atoms with Crippen molar-refractivity contribution in [3.8, 4) is 6.07 Å². The smallest absolute Gasteiger partial charge is 0.287 e. The zero-order valence-corrected chi connectivity index (χ0v) is 14.0. The molecule has 7 heteroatoms. The Morgan fingerprint density at radius 3 is 2.72 bits per heavy atom. The lowest BCUT2D eigenvalue weighted by Gasteiger charge is -2.33. The van der Waals surface area contributed by atoms with Gasteiger partial charge in [-0.2, -0.15) is 5.26 Å². The highest BCUT2D eigenvalue weighted by molar-refractivity contribution is 5.59. The first-order chi connectivity index (χ1) is 12.1. The molecule has 128 valence electrons. The van der Waals surface area contributed by atoms with Crippen molar-refractivity contribution in [2.24, 2.45) is 0 Å². The van der Waals surface area contributed by atoms with Gasteiger partial charge in [-0.05, 0) is 44.0 Å². The van der Waals surface area contributed by atoms with E-state index >= 15 is 0 Å². The molecule has 25 heavy (non-hydrogen) atoms. The molecule has 0 spiro atoms.